The minimum atomic E-state index is -0.0642. The lowest BCUT2D eigenvalue weighted by atomic mass is 9.92. The standard InChI is InChI=1S/C21H26N2O.ClH/c1-15(17-7-6-16-4-2-3-5-18(16)12-17)21(24)23-10-8-19-13-22-14-20(19)9-11-23;/h2-7,12,15,19-20,22H,8-11,13-14H2,1H3;1H/t15?,19-,20+;. The Kier molecular flexibility index (Phi) is 5.65. The minimum Gasteiger partial charge on any atom is -0.342 e. The van der Waals surface area contributed by atoms with Crippen LogP contribution in [0.3, 0.4) is 0 Å². The minimum absolute atomic E-state index is 0. The average molecular weight is 359 g/mol. The van der Waals surface area contributed by atoms with Gasteiger partial charge in [0.1, 0.15) is 0 Å². The summed E-state index contributed by atoms with van der Waals surface area (Å²) in [4.78, 5) is 15.1. The van der Waals surface area contributed by atoms with Gasteiger partial charge in [0, 0.05) is 13.1 Å². The van der Waals surface area contributed by atoms with E-state index in [9.17, 15) is 4.79 Å². The van der Waals surface area contributed by atoms with Gasteiger partial charge < -0.3 is 10.2 Å². The van der Waals surface area contributed by atoms with Crippen molar-refractivity contribution >= 4 is 29.1 Å². The van der Waals surface area contributed by atoms with Crippen LogP contribution in [0.5, 0.6) is 0 Å². The fourth-order valence-corrected chi connectivity index (χ4v) is 4.33. The number of nitrogens with one attached hydrogen (secondary N) is 1. The topological polar surface area (TPSA) is 32.3 Å². The normalized spacial score (nSPS) is 24.3. The Bertz CT molecular complexity index is 734. The Morgan fingerprint density at radius 2 is 1.68 bits per heavy atom. The van der Waals surface area contributed by atoms with Crippen LogP contribution in [0.4, 0.5) is 0 Å². The molecule has 2 aromatic carbocycles. The van der Waals surface area contributed by atoms with Crippen LogP contribution in [-0.2, 0) is 4.79 Å². The Balaban J connectivity index is 0.00000182. The van der Waals surface area contributed by atoms with Crippen LogP contribution in [0.1, 0.15) is 31.2 Å². The number of benzene rings is 2. The first kappa shape index (κ1) is 18.2. The van der Waals surface area contributed by atoms with Crippen molar-refractivity contribution in [2.24, 2.45) is 11.8 Å². The van der Waals surface area contributed by atoms with E-state index in [4.69, 9.17) is 0 Å². The zero-order chi connectivity index (χ0) is 16.5. The molecule has 2 saturated heterocycles. The number of halogens is 1. The number of hydrogen-bond acceptors (Lipinski definition) is 2. The lowest BCUT2D eigenvalue weighted by molar-refractivity contribution is -0.132. The van der Waals surface area contributed by atoms with Gasteiger partial charge in [0.15, 0.2) is 0 Å². The van der Waals surface area contributed by atoms with E-state index in [2.05, 4.69) is 59.6 Å². The highest BCUT2D eigenvalue weighted by Crippen LogP contribution is 2.29. The molecule has 2 fully saturated rings. The zero-order valence-electron chi connectivity index (χ0n) is 14.8. The summed E-state index contributed by atoms with van der Waals surface area (Å²) in [5.74, 6) is 1.75. The van der Waals surface area contributed by atoms with E-state index in [1.807, 2.05) is 0 Å². The molecule has 25 heavy (non-hydrogen) atoms. The molecule has 134 valence electrons. The van der Waals surface area contributed by atoms with Crippen LogP contribution in [-0.4, -0.2) is 37.0 Å². The van der Waals surface area contributed by atoms with Gasteiger partial charge in [-0.2, -0.15) is 0 Å². The quantitative estimate of drug-likeness (QED) is 0.885. The number of amides is 1. The van der Waals surface area contributed by atoms with E-state index >= 15 is 0 Å². The molecule has 4 heteroatoms. The molecule has 0 spiro atoms. The SMILES string of the molecule is CC(C(=O)N1CC[C@@H]2CNC[C@@H]2CC1)c1ccc2ccccc2c1.Cl. The van der Waals surface area contributed by atoms with Crippen molar-refractivity contribution in [3.63, 3.8) is 0 Å². The lowest BCUT2D eigenvalue weighted by Gasteiger charge is -2.25. The molecule has 1 N–H and O–H groups in total. The number of rotatable bonds is 2. The Morgan fingerprint density at radius 1 is 1.04 bits per heavy atom. The van der Waals surface area contributed by atoms with Crippen LogP contribution in [0.2, 0.25) is 0 Å². The van der Waals surface area contributed by atoms with E-state index in [1.54, 1.807) is 0 Å². The number of likely N-dealkylation sites (tertiary alicyclic amines) is 1. The first-order chi connectivity index (χ1) is 11.7. The fourth-order valence-electron chi connectivity index (χ4n) is 4.33. The van der Waals surface area contributed by atoms with Crippen molar-refractivity contribution in [2.75, 3.05) is 26.2 Å². The highest BCUT2D eigenvalue weighted by molar-refractivity contribution is 5.87. The van der Waals surface area contributed by atoms with E-state index in [1.165, 1.54) is 10.8 Å². The summed E-state index contributed by atoms with van der Waals surface area (Å²) < 4.78 is 0. The third kappa shape index (κ3) is 3.68. The molecular weight excluding hydrogens is 332 g/mol. The van der Waals surface area contributed by atoms with Gasteiger partial charge in [-0.15, -0.1) is 12.4 Å². The molecular formula is C21H27ClN2O. The Labute approximate surface area is 156 Å². The zero-order valence-corrected chi connectivity index (χ0v) is 15.6. The summed E-state index contributed by atoms with van der Waals surface area (Å²) in [7, 11) is 0. The van der Waals surface area contributed by atoms with Crippen molar-refractivity contribution < 1.29 is 4.79 Å². The summed E-state index contributed by atoms with van der Waals surface area (Å²) in [6.45, 7) is 6.15. The van der Waals surface area contributed by atoms with Crippen LogP contribution in [0.15, 0.2) is 42.5 Å². The first-order valence-electron chi connectivity index (χ1n) is 9.20. The Morgan fingerprint density at radius 3 is 2.36 bits per heavy atom. The molecule has 2 aliphatic heterocycles. The van der Waals surface area contributed by atoms with Gasteiger partial charge in [0.2, 0.25) is 5.91 Å². The number of carbonyl (C=O) groups is 1. The van der Waals surface area contributed by atoms with Gasteiger partial charge in [-0.1, -0.05) is 42.5 Å². The molecule has 3 nitrogen and oxygen atoms in total. The largest absolute Gasteiger partial charge is 0.342 e. The second kappa shape index (κ2) is 7.76. The maximum absolute atomic E-state index is 13.0. The Hall–Kier alpha value is -1.58. The molecule has 2 aromatic rings. The number of hydrogen-bond donors (Lipinski definition) is 1. The highest BCUT2D eigenvalue weighted by atomic mass is 35.5. The maximum atomic E-state index is 13.0. The summed E-state index contributed by atoms with van der Waals surface area (Å²) in [5.41, 5.74) is 1.13. The van der Waals surface area contributed by atoms with Crippen molar-refractivity contribution in [3.05, 3.63) is 48.0 Å². The summed E-state index contributed by atoms with van der Waals surface area (Å²) in [6, 6.07) is 14.8. The van der Waals surface area contributed by atoms with E-state index in [0.717, 1.165) is 56.4 Å². The third-order valence-electron chi connectivity index (χ3n) is 5.97. The molecule has 4 rings (SSSR count). The summed E-state index contributed by atoms with van der Waals surface area (Å²) in [5, 5.41) is 5.94. The van der Waals surface area contributed by atoms with Crippen LogP contribution in [0.25, 0.3) is 10.8 Å². The highest BCUT2D eigenvalue weighted by Gasteiger charge is 2.32. The second-order valence-electron chi connectivity index (χ2n) is 7.41. The van der Waals surface area contributed by atoms with Gasteiger partial charge in [0.05, 0.1) is 5.92 Å². The van der Waals surface area contributed by atoms with E-state index < -0.39 is 0 Å². The molecule has 0 saturated carbocycles. The fraction of sp³-hybridized carbons (Fsp3) is 0.476. The van der Waals surface area contributed by atoms with Gasteiger partial charge in [-0.25, -0.2) is 0 Å². The molecule has 0 aromatic heterocycles. The van der Waals surface area contributed by atoms with Gasteiger partial charge in [-0.3, -0.25) is 4.79 Å². The summed E-state index contributed by atoms with van der Waals surface area (Å²) >= 11 is 0. The van der Waals surface area contributed by atoms with Gasteiger partial charge in [-0.05, 0) is 61.0 Å². The van der Waals surface area contributed by atoms with Crippen molar-refractivity contribution in [1.82, 2.24) is 10.2 Å². The third-order valence-corrected chi connectivity index (χ3v) is 5.97. The van der Waals surface area contributed by atoms with Crippen molar-refractivity contribution in [2.45, 2.75) is 25.7 Å². The molecule has 2 heterocycles. The van der Waals surface area contributed by atoms with Gasteiger partial charge >= 0.3 is 0 Å². The molecule has 3 atom stereocenters. The average Bonchev–Trinajstić information content (AvgIpc) is 2.98. The molecule has 1 amide bonds. The van der Waals surface area contributed by atoms with Gasteiger partial charge in [0.25, 0.3) is 0 Å². The number of fused-ring (bicyclic) bond motifs is 2. The number of carbonyl (C=O) groups excluding carboxylic acids is 1. The molecule has 0 aliphatic carbocycles. The first-order valence-corrected chi connectivity index (χ1v) is 9.20. The van der Waals surface area contributed by atoms with Crippen LogP contribution in [0, 0.1) is 11.8 Å². The predicted molar refractivity (Wildman–Crippen MR) is 105 cm³/mol. The van der Waals surface area contributed by atoms with Crippen molar-refractivity contribution in [3.8, 4) is 0 Å². The molecule has 0 radical (unpaired) electrons. The smallest absolute Gasteiger partial charge is 0.229 e. The molecule has 1 unspecified atom stereocenters. The predicted octanol–water partition coefficient (Wildman–Crippen LogP) is 3.82. The van der Waals surface area contributed by atoms with E-state index in [-0.39, 0.29) is 18.3 Å². The van der Waals surface area contributed by atoms with E-state index in [0.29, 0.717) is 5.91 Å². The van der Waals surface area contributed by atoms with Crippen LogP contribution >= 0.6 is 12.4 Å². The maximum Gasteiger partial charge on any atom is 0.229 e. The number of nitrogens with zero attached hydrogens (tertiary/aromatic N) is 1. The van der Waals surface area contributed by atoms with Crippen LogP contribution < -0.4 is 5.32 Å². The molecule has 0 bridgehead atoms. The summed E-state index contributed by atoms with van der Waals surface area (Å²) in [6.07, 6.45) is 2.29. The molecule has 2 aliphatic rings. The second-order valence-corrected chi connectivity index (χ2v) is 7.41. The monoisotopic (exact) mass is 358 g/mol. The lowest BCUT2D eigenvalue weighted by Crippen LogP contribution is -2.35. The van der Waals surface area contributed by atoms with Crippen molar-refractivity contribution in [1.29, 1.82) is 0 Å².